The van der Waals surface area contributed by atoms with Gasteiger partial charge in [0.1, 0.15) is 5.69 Å². The van der Waals surface area contributed by atoms with Crippen LogP contribution in [0.2, 0.25) is 0 Å². The van der Waals surface area contributed by atoms with Gasteiger partial charge in [0.15, 0.2) is 0 Å². The lowest BCUT2D eigenvalue weighted by Gasteiger charge is -2.28. The molecular weight excluding hydrogens is 414 g/mol. The first-order valence-electron chi connectivity index (χ1n) is 11.4. The van der Waals surface area contributed by atoms with Crippen LogP contribution >= 0.6 is 0 Å². The maximum atomic E-state index is 13.0. The van der Waals surface area contributed by atoms with E-state index in [0.29, 0.717) is 12.1 Å². The van der Waals surface area contributed by atoms with Gasteiger partial charge in [0, 0.05) is 24.8 Å². The quantitative estimate of drug-likeness (QED) is 0.493. The predicted octanol–water partition coefficient (Wildman–Crippen LogP) is 3.65. The van der Waals surface area contributed by atoms with E-state index in [-0.39, 0.29) is 11.9 Å². The SMILES string of the molecule is Cn1nccc1-c1ccc(Cc2cc(C(=O)N[C@H]3CCCC[C@@H]3O)nc3ccccc23)cn1. The third kappa shape index (κ3) is 4.50. The molecule has 0 saturated heterocycles. The third-order valence-corrected chi connectivity index (χ3v) is 6.38. The lowest BCUT2D eigenvalue weighted by molar-refractivity contribution is 0.0714. The molecule has 1 fully saturated rings. The summed E-state index contributed by atoms with van der Waals surface area (Å²) in [6.45, 7) is 0. The fourth-order valence-corrected chi connectivity index (χ4v) is 4.56. The van der Waals surface area contributed by atoms with Crippen LogP contribution in [0, 0.1) is 0 Å². The molecule has 0 radical (unpaired) electrons. The number of aryl methyl sites for hydroxylation is 1. The van der Waals surface area contributed by atoms with Crippen LogP contribution < -0.4 is 5.32 Å². The maximum Gasteiger partial charge on any atom is 0.270 e. The summed E-state index contributed by atoms with van der Waals surface area (Å²) >= 11 is 0. The highest BCUT2D eigenvalue weighted by Crippen LogP contribution is 2.24. The number of fused-ring (bicyclic) bond motifs is 1. The summed E-state index contributed by atoms with van der Waals surface area (Å²) < 4.78 is 1.80. The van der Waals surface area contributed by atoms with Gasteiger partial charge in [-0.15, -0.1) is 0 Å². The Morgan fingerprint density at radius 3 is 2.76 bits per heavy atom. The summed E-state index contributed by atoms with van der Waals surface area (Å²) in [4.78, 5) is 22.2. The zero-order chi connectivity index (χ0) is 22.8. The minimum absolute atomic E-state index is 0.216. The molecule has 1 aromatic carbocycles. The zero-order valence-corrected chi connectivity index (χ0v) is 18.6. The Hall–Kier alpha value is -3.58. The summed E-state index contributed by atoms with van der Waals surface area (Å²) in [6.07, 6.45) is 7.30. The molecule has 0 aliphatic heterocycles. The molecular formula is C26H27N5O2. The van der Waals surface area contributed by atoms with Crippen molar-refractivity contribution in [2.75, 3.05) is 0 Å². The van der Waals surface area contributed by atoms with E-state index >= 15 is 0 Å². The van der Waals surface area contributed by atoms with Gasteiger partial charge < -0.3 is 10.4 Å². The largest absolute Gasteiger partial charge is 0.391 e. The highest BCUT2D eigenvalue weighted by atomic mass is 16.3. The molecule has 0 unspecified atom stereocenters. The number of nitrogens with one attached hydrogen (secondary N) is 1. The molecule has 2 atom stereocenters. The van der Waals surface area contributed by atoms with Crippen molar-refractivity contribution in [2.45, 2.75) is 44.2 Å². The van der Waals surface area contributed by atoms with Crippen molar-refractivity contribution < 1.29 is 9.90 Å². The number of rotatable bonds is 5. The summed E-state index contributed by atoms with van der Waals surface area (Å²) in [7, 11) is 1.90. The number of nitrogens with zero attached hydrogens (tertiary/aromatic N) is 4. The van der Waals surface area contributed by atoms with Gasteiger partial charge in [-0.1, -0.05) is 37.1 Å². The minimum atomic E-state index is -0.494. The number of benzene rings is 1. The second-order valence-electron chi connectivity index (χ2n) is 8.68. The van der Waals surface area contributed by atoms with Crippen LogP contribution in [-0.2, 0) is 13.5 Å². The lowest BCUT2D eigenvalue weighted by Crippen LogP contribution is -2.45. The van der Waals surface area contributed by atoms with Gasteiger partial charge in [-0.05, 0) is 54.7 Å². The van der Waals surface area contributed by atoms with Crippen molar-refractivity contribution in [1.82, 2.24) is 25.1 Å². The maximum absolute atomic E-state index is 13.0. The van der Waals surface area contributed by atoms with Crippen LogP contribution in [0.4, 0.5) is 0 Å². The Kier molecular flexibility index (Phi) is 5.88. The Bertz CT molecular complexity index is 1280. The molecule has 4 aromatic rings. The first-order chi connectivity index (χ1) is 16.1. The Labute approximate surface area is 192 Å². The highest BCUT2D eigenvalue weighted by molar-refractivity contribution is 5.96. The summed E-state index contributed by atoms with van der Waals surface area (Å²) in [5, 5.41) is 18.5. The van der Waals surface area contributed by atoms with E-state index in [4.69, 9.17) is 0 Å². The molecule has 0 spiro atoms. The molecule has 1 amide bonds. The van der Waals surface area contributed by atoms with Crippen molar-refractivity contribution in [3.05, 3.63) is 77.7 Å². The van der Waals surface area contributed by atoms with Crippen LogP contribution in [-0.4, -0.2) is 42.9 Å². The minimum Gasteiger partial charge on any atom is -0.391 e. The van der Waals surface area contributed by atoms with Crippen molar-refractivity contribution >= 4 is 16.8 Å². The van der Waals surface area contributed by atoms with Crippen molar-refractivity contribution in [3.63, 3.8) is 0 Å². The van der Waals surface area contributed by atoms with Gasteiger partial charge in [0.25, 0.3) is 5.91 Å². The first-order valence-corrected chi connectivity index (χ1v) is 11.4. The smallest absolute Gasteiger partial charge is 0.270 e. The number of carbonyl (C=O) groups is 1. The van der Waals surface area contributed by atoms with Gasteiger partial charge in [-0.3, -0.25) is 14.5 Å². The lowest BCUT2D eigenvalue weighted by atomic mass is 9.92. The van der Waals surface area contributed by atoms with Crippen LogP contribution in [0.1, 0.15) is 47.3 Å². The molecule has 33 heavy (non-hydrogen) atoms. The fourth-order valence-electron chi connectivity index (χ4n) is 4.56. The van der Waals surface area contributed by atoms with E-state index in [1.807, 2.05) is 55.7 Å². The van der Waals surface area contributed by atoms with E-state index in [1.165, 1.54) is 0 Å². The molecule has 0 bridgehead atoms. The number of pyridine rings is 2. The molecule has 168 valence electrons. The summed E-state index contributed by atoms with van der Waals surface area (Å²) in [5.74, 6) is -0.238. The fraction of sp³-hybridized carbons (Fsp3) is 0.308. The molecule has 7 nitrogen and oxygen atoms in total. The van der Waals surface area contributed by atoms with Gasteiger partial charge in [0.2, 0.25) is 0 Å². The Balaban J connectivity index is 1.42. The number of aromatic nitrogens is 4. The van der Waals surface area contributed by atoms with Crippen molar-refractivity contribution in [1.29, 1.82) is 0 Å². The summed E-state index contributed by atoms with van der Waals surface area (Å²) in [5.41, 5.74) is 5.05. The number of hydrogen-bond acceptors (Lipinski definition) is 5. The standard InChI is InChI=1S/C26H27N5O2/c1-31-24(12-13-28-31)21-11-10-17(16-27-21)14-18-15-23(29-20-7-3-2-6-19(18)20)26(33)30-22-8-4-5-9-25(22)32/h2-3,6-7,10-13,15-16,22,25,32H,4-5,8-9,14H2,1H3,(H,30,33)/t22-,25-/m0/s1. The highest BCUT2D eigenvalue weighted by Gasteiger charge is 2.25. The van der Waals surface area contributed by atoms with Crippen molar-refractivity contribution in [3.8, 4) is 11.4 Å². The van der Waals surface area contributed by atoms with E-state index in [9.17, 15) is 9.90 Å². The average Bonchev–Trinajstić information content (AvgIpc) is 3.26. The molecule has 7 heteroatoms. The van der Waals surface area contributed by atoms with E-state index in [1.54, 1.807) is 10.9 Å². The van der Waals surface area contributed by atoms with E-state index in [0.717, 1.165) is 59.1 Å². The van der Waals surface area contributed by atoms with E-state index in [2.05, 4.69) is 26.4 Å². The number of amides is 1. The van der Waals surface area contributed by atoms with Crippen LogP contribution in [0.3, 0.4) is 0 Å². The number of para-hydroxylation sites is 1. The number of aliphatic hydroxyl groups is 1. The van der Waals surface area contributed by atoms with Crippen LogP contribution in [0.25, 0.3) is 22.3 Å². The van der Waals surface area contributed by atoms with Crippen LogP contribution in [0.15, 0.2) is 60.9 Å². The molecule has 1 aliphatic carbocycles. The molecule has 1 aliphatic rings. The Morgan fingerprint density at radius 2 is 2.00 bits per heavy atom. The van der Waals surface area contributed by atoms with Gasteiger partial charge >= 0.3 is 0 Å². The molecule has 1 saturated carbocycles. The second-order valence-corrected chi connectivity index (χ2v) is 8.68. The molecule has 5 rings (SSSR count). The predicted molar refractivity (Wildman–Crippen MR) is 127 cm³/mol. The zero-order valence-electron chi connectivity index (χ0n) is 18.6. The van der Waals surface area contributed by atoms with Crippen LogP contribution in [0.5, 0.6) is 0 Å². The van der Waals surface area contributed by atoms with Crippen molar-refractivity contribution in [2.24, 2.45) is 7.05 Å². The summed E-state index contributed by atoms with van der Waals surface area (Å²) in [6, 6.07) is 15.5. The number of aliphatic hydroxyl groups excluding tert-OH is 1. The monoisotopic (exact) mass is 441 g/mol. The normalized spacial score (nSPS) is 18.4. The molecule has 3 aromatic heterocycles. The first kappa shape index (κ1) is 21.3. The van der Waals surface area contributed by atoms with Gasteiger partial charge in [-0.2, -0.15) is 5.10 Å². The Morgan fingerprint density at radius 1 is 1.15 bits per heavy atom. The third-order valence-electron chi connectivity index (χ3n) is 6.38. The average molecular weight is 442 g/mol. The number of hydrogen-bond donors (Lipinski definition) is 2. The van der Waals surface area contributed by atoms with E-state index < -0.39 is 6.10 Å². The van der Waals surface area contributed by atoms with Gasteiger partial charge in [-0.25, -0.2) is 4.98 Å². The number of carbonyl (C=O) groups excluding carboxylic acids is 1. The second kappa shape index (κ2) is 9.11. The molecule has 2 N–H and O–H groups in total. The molecule has 3 heterocycles. The van der Waals surface area contributed by atoms with Gasteiger partial charge in [0.05, 0.1) is 29.1 Å². The topological polar surface area (TPSA) is 92.9 Å².